The molecule has 0 bridgehead atoms. The topological polar surface area (TPSA) is 184 Å². The number of aromatic nitrogens is 4. The van der Waals surface area contributed by atoms with Crippen LogP contribution < -0.4 is 20.4 Å². The molecular weight excluding hydrogens is 995 g/mol. The number of hydrogen-bond donors (Lipinski definition) is 5. The van der Waals surface area contributed by atoms with Gasteiger partial charge < -0.3 is 49.9 Å². The van der Waals surface area contributed by atoms with Gasteiger partial charge in [0.2, 0.25) is 5.91 Å². The minimum atomic E-state index is -0.980. The molecule has 78 heavy (non-hydrogen) atoms. The maximum Gasteiger partial charge on any atom is 0.407 e. The van der Waals surface area contributed by atoms with Crippen LogP contribution in [0.3, 0.4) is 0 Å². The Hall–Kier alpha value is -6.79. The van der Waals surface area contributed by atoms with Gasteiger partial charge >= 0.3 is 12.2 Å². The third-order valence-corrected chi connectivity index (χ3v) is 17.1. The minimum absolute atomic E-state index is 0.0266. The molecule has 16 nitrogen and oxygen atoms in total. The zero-order valence-corrected chi connectivity index (χ0v) is 45.8. The van der Waals surface area contributed by atoms with Crippen molar-refractivity contribution in [3.63, 3.8) is 0 Å². The molecule has 3 amide bonds. The van der Waals surface area contributed by atoms with E-state index in [4.69, 9.17) is 19.4 Å². The number of aliphatic hydroxyl groups excluding tert-OH is 1. The molecule has 1 unspecified atom stereocenters. The molecule has 6 aromatic rings. The number of methoxy groups -OCH3 is 2. The number of fused-ring (bicyclic) bond motifs is 2. The van der Waals surface area contributed by atoms with Crippen LogP contribution in [0.4, 0.5) is 29.7 Å². The molecule has 0 radical (unpaired) electrons. The number of likely N-dealkylation sites (tertiary alicyclic amines) is 2. The average molecular weight is 1070 g/mol. The van der Waals surface area contributed by atoms with E-state index in [0.717, 1.165) is 84.6 Å². The fourth-order valence-electron chi connectivity index (χ4n) is 12.9. The summed E-state index contributed by atoms with van der Waals surface area (Å²) in [5.41, 5.74) is 6.80. The molecule has 7 atom stereocenters. The molecule has 5 N–H and O–H groups in total. The van der Waals surface area contributed by atoms with Crippen molar-refractivity contribution in [1.82, 2.24) is 40.4 Å². The molecule has 0 aliphatic carbocycles. The van der Waals surface area contributed by atoms with Crippen LogP contribution in [0.15, 0.2) is 78.9 Å². The Morgan fingerprint density at radius 3 is 1.86 bits per heavy atom. The van der Waals surface area contributed by atoms with Gasteiger partial charge in [0.1, 0.15) is 29.6 Å². The van der Waals surface area contributed by atoms with Gasteiger partial charge in [-0.25, -0.2) is 28.3 Å². The lowest BCUT2D eigenvalue weighted by Crippen LogP contribution is -2.54. The maximum atomic E-state index is 16.9. The number of nitrogens with one attached hydrogen (secondary N) is 4. The number of ether oxygens (including phenoxy) is 2. The van der Waals surface area contributed by atoms with Crippen LogP contribution in [0.1, 0.15) is 144 Å². The second-order valence-corrected chi connectivity index (χ2v) is 22.6. The van der Waals surface area contributed by atoms with Crippen molar-refractivity contribution in [2.45, 2.75) is 141 Å². The van der Waals surface area contributed by atoms with E-state index in [-0.39, 0.29) is 47.6 Å². The molecular formula is C60H76F2N10O6. The van der Waals surface area contributed by atoms with E-state index in [1.54, 1.807) is 4.90 Å². The number of hydrogen-bond acceptors (Lipinski definition) is 11. The molecule has 10 rings (SSSR count). The summed E-state index contributed by atoms with van der Waals surface area (Å²) in [5, 5.41) is 17.2. The van der Waals surface area contributed by atoms with Crippen molar-refractivity contribution in [3.05, 3.63) is 119 Å². The lowest BCUT2D eigenvalue weighted by molar-refractivity contribution is -0.135. The summed E-state index contributed by atoms with van der Waals surface area (Å²) < 4.78 is 43.5. The van der Waals surface area contributed by atoms with Crippen LogP contribution in [-0.2, 0) is 20.7 Å². The number of amides is 3. The van der Waals surface area contributed by atoms with E-state index in [9.17, 15) is 19.5 Å². The van der Waals surface area contributed by atoms with Gasteiger partial charge in [-0.2, -0.15) is 0 Å². The second-order valence-electron chi connectivity index (χ2n) is 22.6. The van der Waals surface area contributed by atoms with Crippen molar-refractivity contribution >= 4 is 51.5 Å². The fraction of sp³-hybridized carbons (Fsp3) is 0.517. The van der Waals surface area contributed by atoms with E-state index in [1.807, 2.05) is 61.8 Å². The SMILES string of the molecule is COC(=O)N[C@@H](C(C)C)C(O)N1CCC[C@H]1c1nc2ccc([C@H]3CC[C@H](c4ccc5nc([C@@H]6CCCN6C(=O)[C@@H](NC(=O)OC)C(C)C)[nH]c5c4)N3c3cc(F)c(N4CCC(CCCc5ccccc5)CC4)c(F)c3)cc2[nH]1. The van der Waals surface area contributed by atoms with Gasteiger partial charge in [-0.1, -0.05) is 70.2 Å². The van der Waals surface area contributed by atoms with Gasteiger partial charge in [-0.05, 0) is 141 Å². The summed E-state index contributed by atoms with van der Waals surface area (Å²) in [6.45, 7) is 10.0. The number of alkyl carbamates (subject to hydrolysis) is 2. The van der Waals surface area contributed by atoms with Crippen LogP contribution in [0, 0.1) is 29.4 Å². The van der Waals surface area contributed by atoms with E-state index < -0.39 is 42.1 Å². The first-order chi connectivity index (χ1) is 37.7. The second kappa shape index (κ2) is 23.7. The third kappa shape index (κ3) is 11.4. The Morgan fingerprint density at radius 1 is 0.692 bits per heavy atom. The van der Waals surface area contributed by atoms with Gasteiger partial charge in [-0.3, -0.25) is 9.69 Å². The van der Waals surface area contributed by atoms with Crippen molar-refractivity contribution in [3.8, 4) is 0 Å². The van der Waals surface area contributed by atoms with Crippen LogP contribution >= 0.6 is 0 Å². The van der Waals surface area contributed by atoms with Gasteiger partial charge in [-0.15, -0.1) is 0 Å². The summed E-state index contributed by atoms with van der Waals surface area (Å²) in [7, 11) is 2.59. The predicted molar refractivity (Wildman–Crippen MR) is 297 cm³/mol. The quantitative estimate of drug-likeness (QED) is 0.0586. The molecule has 4 fully saturated rings. The first-order valence-electron chi connectivity index (χ1n) is 28.2. The Morgan fingerprint density at radius 2 is 1.27 bits per heavy atom. The van der Waals surface area contributed by atoms with E-state index in [0.29, 0.717) is 68.7 Å². The monoisotopic (exact) mass is 1070 g/mol. The van der Waals surface area contributed by atoms with Gasteiger partial charge in [0.15, 0.2) is 11.6 Å². The van der Waals surface area contributed by atoms with Crippen molar-refractivity contribution < 1.29 is 37.7 Å². The summed E-state index contributed by atoms with van der Waals surface area (Å²) in [4.78, 5) is 63.6. The average Bonchev–Trinajstić information content (AvgIpc) is 4.35. The number of aliphatic hydroxyl groups is 1. The van der Waals surface area contributed by atoms with Crippen molar-refractivity contribution in [1.29, 1.82) is 0 Å². The predicted octanol–water partition coefficient (Wildman–Crippen LogP) is 10.9. The normalized spacial score (nSPS) is 21.5. The number of benzene rings is 4. The summed E-state index contributed by atoms with van der Waals surface area (Å²) >= 11 is 0. The molecule has 416 valence electrons. The number of aryl methyl sites for hydroxylation is 1. The largest absolute Gasteiger partial charge is 0.453 e. The number of carbonyl (C=O) groups excluding carboxylic acids is 3. The number of imidazole rings is 2. The molecule has 2 aromatic heterocycles. The van der Waals surface area contributed by atoms with E-state index in [2.05, 4.69) is 68.0 Å². The zero-order chi connectivity index (χ0) is 54.8. The van der Waals surface area contributed by atoms with Crippen LogP contribution in [0.2, 0.25) is 0 Å². The number of aromatic amines is 2. The lowest BCUT2D eigenvalue weighted by Gasteiger charge is -2.36. The molecule has 6 heterocycles. The molecule has 4 saturated heterocycles. The lowest BCUT2D eigenvalue weighted by atomic mass is 9.90. The molecule has 4 aliphatic heterocycles. The highest BCUT2D eigenvalue weighted by molar-refractivity contribution is 5.87. The molecule has 0 saturated carbocycles. The van der Waals surface area contributed by atoms with Crippen LogP contribution in [0.25, 0.3) is 22.1 Å². The van der Waals surface area contributed by atoms with Gasteiger partial charge in [0.25, 0.3) is 0 Å². The van der Waals surface area contributed by atoms with Crippen molar-refractivity contribution in [2.24, 2.45) is 17.8 Å². The molecule has 18 heteroatoms. The Kier molecular flexibility index (Phi) is 16.6. The standard InChI is InChI=1S/C60H76F2N10O6/c1-35(2)52(67-59(75)77-5)57(73)70-27-11-17-50(70)55-63-44-21-19-39(31-46(44)65-55)48-23-24-49(40-20-22-45-47(32-40)66-56(64-45)51-18-12-28-71(51)58(74)53(36(3)4)68-60(76)78-6)72(48)41-33-42(61)54(43(62)34-41)69-29-25-38(26-30-69)16-10-15-37-13-8-7-9-14-37/h7-9,13-14,19-22,31-36,38,48-53,57,73H,10-12,15-18,23-30H2,1-6H3,(H,63,65)(H,64,66)(H,67,75)(H,68,76)/t48-,49-,50+,51+,52+,53+,57?/m1/s1. The third-order valence-electron chi connectivity index (χ3n) is 17.1. The Labute approximate surface area is 455 Å². The van der Waals surface area contributed by atoms with Crippen molar-refractivity contribution in [2.75, 3.05) is 50.2 Å². The first-order valence-corrected chi connectivity index (χ1v) is 28.2. The summed E-state index contributed by atoms with van der Waals surface area (Å²) in [6, 6.07) is 23.3. The highest BCUT2D eigenvalue weighted by Gasteiger charge is 2.41. The molecule has 4 aliphatic rings. The number of anilines is 2. The fourth-order valence-corrected chi connectivity index (χ4v) is 12.9. The van der Waals surface area contributed by atoms with E-state index in [1.165, 1.54) is 31.9 Å². The van der Waals surface area contributed by atoms with E-state index >= 15 is 8.78 Å². The maximum absolute atomic E-state index is 16.9. The smallest absolute Gasteiger partial charge is 0.407 e. The minimum Gasteiger partial charge on any atom is -0.453 e. The number of H-pyrrole nitrogens is 2. The number of carbonyl (C=O) groups is 3. The Balaban J connectivity index is 0.938. The number of halogens is 2. The van der Waals surface area contributed by atoms with Crippen LogP contribution in [0.5, 0.6) is 0 Å². The summed E-state index contributed by atoms with van der Waals surface area (Å²) in [6.07, 6.45) is 7.18. The highest BCUT2D eigenvalue weighted by Crippen LogP contribution is 2.49. The Bertz CT molecular complexity index is 3050. The zero-order valence-electron chi connectivity index (χ0n) is 45.8. The van der Waals surface area contributed by atoms with Crippen LogP contribution in [-0.4, -0.2) is 112 Å². The summed E-state index contributed by atoms with van der Waals surface area (Å²) in [5.74, 6) is 0.281. The van der Waals surface area contributed by atoms with Gasteiger partial charge in [0.05, 0.1) is 66.5 Å². The highest BCUT2D eigenvalue weighted by atomic mass is 19.1. The number of nitrogens with zero attached hydrogens (tertiary/aromatic N) is 6. The first kappa shape index (κ1) is 54.6. The number of piperidine rings is 1. The molecule has 4 aromatic carbocycles. The number of rotatable bonds is 17. The molecule has 0 spiro atoms. The van der Waals surface area contributed by atoms with Gasteiger partial charge in [0, 0.05) is 31.9 Å².